The molecule has 0 amide bonds. The Bertz CT molecular complexity index is 489. The topological polar surface area (TPSA) is 70.3 Å². The maximum Gasteiger partial charge on any atom is 0.231 e. The number of pyridine rings is 1. The molecule has 22 heavy (non-hydrogen) atoms. The Kier molecular flexibility index (Phi) is 11.8. The van der Waals surface area contributed by atoms with Crippen LogP contribution < -0.4 is 9.57 Å². The maximum absolute atomic E-state index is 10.2. The predicted octanol–water partition coefficient (Wildman–Crippen LogP) is 2.62. The molecule has 0 fully saturated rings. The summed E-state index contributed by atoms with van der Waals surface area (Å²) in [5.41, 5.74) is 1.12. The monoisotopic (exact) mass is 331 g/mol. The fourth-order valence-corrected chi connectivity index (χ4v) is 2.41. The zero-order valence-electron chi connectivity index (χ0n) is 14.0. The van der Waals surface area contributed by atoms with Crippen molar-refractivity contribution in [3.05, 3.63) is 30.1 Å². The van der Waals surface area contributed by atoms with Gasteiger partial charge in [0.1, 0.15) is 0 Å². The number of nitrogens with zero attached hydrogens (tertiary/aromatic N) is 1. The molecule has 5 nitrogen and oxygen atoms in total. The van der Waals surface area contributed by atoms with Gasteiger partial charge >= 0.3 is 0 Å². The van der Waals surface area contributed by atoms with Gasteiger partial charge in [0.05, 0.1) is 10.1 Å². The van der Waals surface area contributed by atoms with Gasteiger partial charge in [-0.3, -0.25) is 4.84 Å². The number of hydrogen-bond donors (Lipinski definition) is 0. The Morgan fingerprint density at radius 1 is 1.09 bits per heavy atom. The van der Waals surface area contributed by atoms with Crippen molar-refractivity contribution in [1.29, 1.82) is 0 Å². The van der Waals surface area contributed by atoms with Crippen LogP contribution in [0.1, 0.15) is 58.1 Å². The van der Waals surface area contributed by atoms with Crippen molar-refractivity contribution in [3.8, 4) is 0 Å². The first kappa shape index (κ1) is 20.9. The largest absolute Gasteiger partial charge is 0.748 e. The molecule has 0 saturated carbocycles. The van der Waals surface area contributed by atoms with Crippen molar-refractivity contribution in [1.82, 2.24) is 0 Å². The number of unbranched alkanes of at least 4 members (excludes halogenated alkanes) is 5. The lowest BCUT2D eigenvalue weighted by Crippen LogP contribution is -2.44. The minimum atomic E-state index is -3.97. The highest BCUT2D eigenvalue weighted by molar-refractivity contribution is 7.85. The van der Waals surface area contributed by atoms with Crippen molar-refractivity contribution in [3.63, 3.8) is 0 Å². The van der Waals surface area contributed by atoms with E-state index in [0.717, 1.165) is 25.0 Å². The lowest BCUT2D eigenvalue weighted by molar-refractivity contribution is -0.894. The molecule has 1 aromatic heterocycles. The summed E-state index contributed by atoms with van der Waals surface area (Å²) in [5, 5.41) is 0. The van der Waals surface area contributed by atoms with Gasteiger partial charge in [-0.15, -0.1) is 0 Å². The van der Waals surface area contributed by atoms with Crippen molar-refractivity contribution in [2.75, 3.05) is 12.4 Å². The van der Waals surface area contributed by atoms with Crippen LogP contribution in [0.5, 0.6) is 0 Å². The molecule has 0 spiro atoms. The van der Waals surface area contributed by atoms with Crippen LogP contribution in [0.15, 0.2) is 24.4 Å². The molecule has 0 N–H and O–H groups in total. The average Bonchev–Trinajstić information content (AvgIpc) is 2.45. The molecule has 0 bridgehead atoms. The van der Waals surface area contributed by atoms with Gasteiger partial charge in [-0.05, 0) is 19.4 Å². The number of hydrogen-bond acceptors (Lipinski definition) is 4. The molecule has 1 aromatic rings. The zero-order valence-corrected chi connectivity index (χ0v) is 14.8. The van der Waals surface area contributed by atoms with Crippen molar-refractivity contribution in [2.24, 2.45) is 0 Å². The van der Waals surface area contributed by atoms with E-state index < -0.39 is 10.1 Å². The quantitative estimate of drug-likeness (QED) is 0.396. The zero-order chi connectivity index (χ0) is 16.8. The second-order valence-corrected chi connectivity index (χ2v) is 6.64. The molecule has 6 heteroatoms. The molecular formula is C16H29NO4S. The summed E-state index contributed by atoms with van der Waals surface area (Å²) in [6.07, 6.45) is 7.86. The summed E-state index contributed by atoms with van der Waals surface area (Å²) in [4.78, 5) is 5.25. The molecule has 128 valence electrons. The van der Waals surface area contributed by atoms with Crippen molar-refractivity contribution in [2.45, 2.75) is 59.3 Å². The molecule has 0 aliphatic heterocycles. The standard InChI is InChI=1S/C8H12NO.C8H18O3S/c1-3-10-9-7-5-4-6-8(9)2;1-2-3-4-5-6-7-8-12(9,10)11/h4-7H,3H2,1-2H3;2-8H2,1H3,(H,9,10,11)/q+1;/p-1. The Morgan fingerprint density at radius 2 is 1.73 bits per heavy atom. The van der Waals surface area contributed by atoms with Gasteiger partial charge in [-0.25, -0.2) is 8.42 Å². The third kappa shape index (κ3) is 12.6. The molecule has 0 saturated heterocycles. The third-order valence-corrected chi connectivity index (χ3v) is 3.82. The van der Waals surface area contributed by atoms with Gasteiger partial charge in [0, 0.05) is 29.5 Å². The first-order valence-electron chi connectivity index (χ1n) is 7.94. The molecule has 0 aromatic carbocycles. The summed E-state index contributed by atoms with van der Waals surface area (Å²) in [6.45, 7) is 6.81. The van der Waals surface area contributed by atoms with E-state index >= 15 is 0 Å². The normalized spacial score (nSPS) is 10.7. The van der Waals surface area contributed by atoms with Crippen LogP contribution in [0.2, 0.25) is 0 Å². The Balaban J connectivity index is 0.000000406. The van der Waals surface area contributed by atoms with Gasteiger partial charge in [0.15, 0.2) is 6.61 Å². The first-order chi connectivity index (χ1) is 10.4. The van der Waals surface area contributed by atoms with E-state index in [2.05, 4.69) is 6.92 Å². The second kappa shape index (κ2) is 12.4. The molecule has 0 aliphatic rings. The van der Waals surface area contributed by atoms with Gasteiger partial charge in [0.2, 0.25) is 11.9 Å². The van der Waals surface area contributed by atoms with E-state index in [9.17, 15) is 13.0 Å². The van der Waals surface area contributed by atoms with Crippen LogP contribution >= 0.6 is 0 Å². The molecule has 0 radical (unpaired) electrons. The minimum Gasteiger partial charge on any atom is -0.748 e. The van der Waals surface area contributed by atoms with Gasteiger partial charge in [-0.2, -0.15) is 0 Å². The lowest BCUT2D eigenvalue weighted by Gasteiger charge is -2.05. The van der Waals surface area contributed by atoms with Crippen molar-refractivity contribution >= 4 is 10.1 Å². The van der Waals surface area contributed by atoms with E-state index in [1.54, 1.807) is 4.73 Å². The van der Waals surface area contributed by atoms with Gasteiger partial charge in [0.25, 0.3) is 0 Å². The van der Waals surface area contributed by atoms with Crippen LogP contribution in [-0.4, -0.2) is 25.3 Å². The maximum atomic E-state index is 10.2. The first-order valence-corrected chi connectivity index (χ1v) is 9.52. The summed E-state index contributed by atoms with van der Waals surface area (Å²) in [7, 11) is -3.97. The van der Waals surface area contributed by atoms with Crippen molar-refractivity contribution < 1.29 is 22.5 Å². The molecule has 0 atom stereocenters. The molecular weight excluding hydrogens is 302 g/mol. The Morgan fingerprint density at radius 3 is 2.27 bits per heavy atom. The van der Waals surface area contributed by atoms with E-state index in [4.69, 9.17) is 4.84 Å². The van der Waals surface area contributed by atoms with E-state index in [-0.39, 0.29) is 5.75 Å². The highest BCUT2D eigenvalue weighted by atomic mass is 32.2. The van der Waals surface area contributed by atoms with Crippen LogP contribution in [-0.2, 0) is 10.1 Å². The molecule has 0 unspecified atom stereocenters. The number of aryl methyl sites for hydroxylation is 1. The van der Waals surface area contributed by atoms with Crippen LogP contribution in [0.3, 0.4) is 0 Å². The Hall–Kier alpha value is -1.14. The summed E-state index contributed by atoms with van der Waals surface area (Å²) in [5.74, 6) is -0.195. The Labute approximate surface area is 135 Å². The van der Waals surface area contributed by atoms with E-state index in [1.165, 1.54) is 12.8 Å². The minimum absolute atomic E-state index is 0.195. The molecule has 1 rings (SSSR count). The molecule has 0 aliphatic carbocycles. The summed E-state index contributed by atoms with van der Waals surface area (Å²) < 4.78 is 32.3. The van der Waals surface area contributed by atoms with Crippen LogP contribution in [0.4, 0.5) is 0 Å². The smallest absolute Gasteiger partial charge is 0.231 e. The SMILES string of the molecule is CCCCCCCCS(=O)(=O)[O-].CCO[n+]1ccccc1C. The third-order valence-electron chi connectivity index (χ3n) is 3.03. The van der Waals surface area contributed by atoms with Crippen LogP contribution in [0.25, 0.3) is 0 Å². The fourth-order valence-electron chi connectivity index (χ4n) is 1.86. The highest BCUT2D eigenvalue weighted by Crippen LogP contribution is 2.05. The summed E-state index contributed by atoms with van der Waals surface area (Å²) in [6, 6.07) is 5.95. The van der Waals surface area contributed by atoms with Gasteiger partial charge < -0.3 is 4.55 Å². The van der Waals surface area contributed by atoms with E-state index in [1.807, 2.05) is 38.2 Å². The lowest BCUT2D eigenvalue weighted by atomic mass is 10.1. The predicted molar refractivity (Wildman–Crippen MR) is 86.4 cm³/mol. The van der Waals surface area contributed by atoms with Gasteiger partial charge in [-0.1, -0.05) is 39.0 Å². The summed E-state index contributed by atoms with van der Waals surface area (Å²) >= 11 is 0. The molecule has 1 heterocycles. The highest BCUT2D eigenvalue weighted by Gasteiger charge is 2.02. The fraction of sp³-hybridized carbons (Fsp3) is 0.688. The number of aromatic nitrogens is 1. The second-order valence-electron chi connectivity index (χ2n) is 5.12. The average molecular weight is 331 g/mol. The van der Waals surface area contributed by atoms with E-state index in [0.29, 0.717) is 13.0 Å². The van der Waals surface area contributed by atoms with Crippen LogP contribution in [0, 0.1) is 6.92 Å². The number of rotatable bonds is 9.